The Balaban J connectivity index is 2.17. The van der Waals surface area contributed by atoms with E-state index in [1.807, 2.05) is 52.0 Å². The number of benzene rings is 1. The van der Waals surface area contributed by atoms with E-state index in [2.05, 4.69) is 17.2 Å². The Kier molecular flexibility index (Phi) is 6.44. The molecule has 2 rings (SSSR count). The number of amides is 2. The van der Waals surface area contributed by atoms with Crippen molar-refractivity contribution in [3.8, 4) is 0 Å². The number of aryl methyl sites for hydroxylation is 1. The summed E-state index contributed by atoms with van der Waals surface area (Å²) in [5.41, 5.74) is 2.72. The molecule has 0 bridgehead atoms. The Hall–Kier alpha value is -2.60. The summed E-state index contributed by atoms with van der Waals surface area (Å²) in [6, 6.07) is 9.26. The van der Waals surface area contributed by atoms with Crippen molar-refractivity contribution in [1.29, 1.82) is 0 Å². The van der Waals surface area contributed by atoms with E-state index < -0.39 is 11.5 Å². The smallest absolute Gasteiger partial charge is 0.341 e. The predicted molar refractivity (Wildman–Crippen MR) is 111 cm³/mol. The van der Waals surface area contributed by atoms with Crippen molar-refractivity contribution < 1.29 is 14.3 Å². The molecule has 2 amide bonds. The van der Waals surface area contributed by atoms with Crippen LogP contribution in [0.5, 0.6) is 0 Å². The van der Waals surface area contributed by atoms with E-state index in [0.717, 1.165) is 21.6 Å². The molecule has 0 aliphatic rings. The third kappa shape index (κ3) is 5.20. The summed E-state index contributed by atoms with van der Waals surface area (Å²) in [6.07, 6.45) is 0. The number of esters is 1. The van der Waals surface area contributed by atoms with Crippen molar-refractivity contribution >= 4 is 33.9 Å². The molecular weight excluding hydrogens is 360 g/mol. The van der Waals surface area contributed by atoms with E-state index in [4.69, 9.17) is 4.74 Å². The van der Waals surface area contributed by atoms with Crippen LogP contribution in [0.15, 0.2) is 36.9 Å². The molecule has 0 spiro atoms. The molecule has 5 nitrogen and oxygen atoms in total. The third-order valence-electron chi connectivity index (χ3n) is 4.08. The van der Waals surface area contributed by atoms with Crippen LogP contribution in [0.25, 0.3) is 5.57 Å². The molecule has 0 aliphatic heterocycles. The average Bonchev–Trinajstić information content (AvgIpc) is 2.95. The summed E-state index contributed by atoms with van der Waals surface area (Å²) in [7, 11) is 0. The van der Waals surface area contributed by atoms with Crippen molar-refractivity contribution in [2.24, 2.45) is 0 Å². The summed E-state index contributed by atoms with van der Waals surface area (Å²) in [4.78, 5) is 25.6. The first kappa shape index (κ1) is 20.7. The first-order chi connectivity index (χ1) is 12.6. The van der Waals surface area contributed by atoms with Gasteiger partial charge >= 0.3 is 12.0 Å². The highest BCUT2D eigenvalue weighted by Crippen LogP contribution is 2.29. The van der Waals surface area contributed by atoms with Gasteiger partial charge in [0.25, 0.3) is 0 Å². The molecule has 0 unspecified atom stereocenters. The van der Waals surface area contributed by atoms with Gasteiger partial charge in [-0.15, -0.1) is 11.3 Å². The molecule has 1 heterocycles. The summed E-state index contributed by atoms with van der Waals surface area (Å²) < 4.78 is 5.06. The minimum atomic E-state index is -0.605. The fourth-order valence-electron chi connectivity index (χ4n) is 2.63. The second-order valence-corrected chi connectivity index (χ2v) is 8.14. The molecule has 144 valence electrons. The number of urea groups is 1. The first-order valence-corrected chi connectivity index (χ1v) is 9.59. The topological polar surface area (TPSA) is 67.4 Å². The highest BCUT2D eigenvalue weighted by molar-refractivity contribution is 7.16. The van der Waals surface area contributed by atoms with Crippen molar-refractivity contribution in [1.82, 2.24) is 5.32 Å². The molecule has 1 aromatic heterocycles. The Morgan fingerprint density at radius 1 is 1.26 bits per heavy atom. The van der Waals surface area contributed by atoms with Crippen LogP contribution in [0.1, 0.15) is 54.1 Å². The molecule has 0 radical (unpaired) electrons. The van der Waals surface area contributed by atoms with Crippen LogP contribution in [-0.4, -0.2) is 18.6 Å². The number of carbonyl (C=O) groups excluding carboxylic acids is 2. The number of hydrogen-bond donors (Lipinski definition) is 2. The van der Waals surface area contributed by atoms with Crippen LogP contribution >= 0.6 is 11.3 Å². The molecule has 0 fully saturated rings. The van der Waals surface area contributed by atoms with Gasteiger partial charge < -0.3 is 10.1 Å². The zero-order valence-electron chi connectivity index (χ0n) is 16.4. The Morgan fingerprint density at radius 3 is 2.59 bits per heavy atom. The van der Waals surface area contributed by atoms with Crippen molar-refractivity contribution in [2.75, 3.05) is 11.9 Å². The summed E-state index contributed by atoms with van der Waals surface area (Å²) >= 11 is 1.34. The van der Waals surface area contributed by atoms with E-state index in [-0.39, 0.29) is 12.6 Å². The monoisotopic (exact) mass is 386 g/mol. The number of hydrogen-bond acceptors (Lipinski definition) is 4. The normalized spacial score (nSPS) is 11.0. The van der Waals surface area contributed by atoms with Gasteiger partial charge in [-0.1, -0.05) is 30.4 Å². The molecule has 2 aromatic rings. The summed E-state index contributed by atoms with van der Waals surface area (Å²) in [6.45, 7) is 13.7. The fraction of sp³-hybridized carbons (Fsp3) is 0.333. The second-order valence-electron chi connectivity index (χ2n) is 6.89. The van der Waals surface area contributed by atoms with Crippen molar-refractivity contribution in [3.63, 3.8) is 0 Å². The van der Waals surface area contributed by atoms with Gasteiger partial charge in [0.15, 0.2) is 0 Å². The fourth-order valence-corrected chi connectivity index (χ4v) is 3.53. The number of thiophene rings is 1. The van der Waals surface area contributed by atoms with E-state index in [0.29, 0.717) is 10.6 Å². The maximum atomic E-state index is 12.6. The average molecular weight is 387 g/mol. The minimum absolute atomic E-state index is 0.283. The van der Waals surface area contributed by atoms with E-state index in [1.165, 1.54) is 11.3 Å². The highest BCUT2D eigenvalue weighted by atomic mass is 32.1. The van der Waals surface area contributed by atoms with Crippen LogP contribution in [0, 0.1) is 6.92 Å². The SMILES string of the molecule is C=C(C)c1cccc(C(C)(C)NC(=O)Nc2sc(C)cc2C(=O)OCC)c1. The van der Waals surface area contributed by atoms with Gasteiger partial charge in [0.05, 0.1) is 17.7 Å². The van der Waals surface area contributed by atoms with Gasteiger partial charge in [-0.25, -0.2) is 9.59 Å². The molecular formula is C21H26N2O3S. The standard InChI is InChI=1S/C21H26N2O3S/c1-7-26-19(24)17-11-14(4)27-18(17)22-20(25)23-21(5,6)16-10-8-9-15(12-16)13(2)3/h8-12H,2,7H2,1,3-6H3,(H2,22,23,25). The van der Waals surface area contributed by atoms with Crippen molar-refractivity contribution in [3.05, 3.63) is 58.5 Å². The molecule has 0 aliphatic carbocycles. The van der Waals surface area contributed by atoms with Gasteiger partial charge in [0, 0.05) is 4.88 Å². The molecule has 2 N–H and O–H groups in total. The van der Waals surface area contributed by atoms with Crippen LogP contribution in [0.4, 0.5) is 9.80 Å². The number of rotatable bonds is 6. The molecule has 1 aromatic carbocycles. The highest BCUT2D eigenvalue weighted by Gasteiger charge is 2.25. The van der Waals surface area contributed by atoms with Gasteiger partial charge in [-0.05, 0) is 57.9 Å². The lowest BCUT2D eigenvalue weighted by Crippen LogP contribution is -2.43. The Bertz CT molecular complexity index is 868. The van der Waals surface area contributed by atoms with Gasteiger partial charge in [-0.3, -0.25) is 5.32 Å². The maximum absolute atomic E-state index is 12.6. The molecule has 27 heavy (non-hydrogen) atoms. The zero-order valence-corrected chi connectivity index (χ0v) is 17.3. The largest absolute Gasteiger partial charge is 0.462 e. The molecule has 0 saturated heterocycles. The predicted octanol–water partition coefficient (Wildman–Crippen LogP) is 5.32. The number of ether oxygens (including phenoxy) is 1. The van der Waals surface area contributed by atoms with Gasteiger partial charge in [0.2, 0.25) is 0 Å². The molecule has 0 saturated carbocycles. The zero-order chi connectivity index (χ0) is 20.2. The maximum Gasteiger partial charge on any atom is 0.341 e. The number of nitrogens with one attached hydrogen (secondary N) is 2. The van der Waals surface area contributed by atoms with Gasteiger partial charge in [0.1, 0.15) is 5.00 Å². The Labute approximate surface area is 164 Å². The minimum Gasteiger partial charge on any atom is -0.462 e. The number of anilines is 1. The lowest BCUT2D eigenvalue weighted by Gasteiger charge is -2.27. The van der Waals surface area contributed by atoms with Crippen LogP contribution in [0.2, 0.25) is 0 Å². The van der Waals surface area contributed by atoms with Gasteiger partial charge in [-0.2, -0.15) is 0 Å². The Morgan fingerprint density at radius 2 is 1.96 bits per heavy atom. The third-order valence-corrected chi connectivity index (χ3v) is 5.05. The van der Waals surface area contributed by atoms with Crippen molar-refractivity contribution in [2.45, 2.75) is 40.2 Å². The van der Waals surface area contributed by atoms with E-state index in [1.54, 1.807) is 13.0 Å². The van der Waals surface area contributed by atoms with Crippen LogP contribution in [-0.2, 0) is 10.3 Å². The lowest BCUT2D eigenvalue weighted by molar-refractivity contribution is 0.0528. The number of allylic oxidation sites excluding steroid dienone is 1. The lowest BCUT2D eigenvalue weighted by atomic mass is 9.92. The molecule has 0 atom stereocenters. The van der Waals surface area contributed by atoms with Crippen LogP contribution < -0.4 is 10.6 Å². The molecule has 6 heteroatoms. The second kappa shape index (κ2) is 8.39. The van der Waals surface area contributed by atoms with E-state index >= 15 is 0 Å². The quantitative estimate of drug-likeness (QED) is 0.660. The first-order valence-electron chi connectivity index (χ1n) is 8.77. The summed E-state index contributed by atoms with van der Waals surface area (Å²) in [5.74, 6) is -0.439. The van der Waals surface area contributed by atoms with E-state index in [9.17, 15) is 9.59 Å². The summed E-state index contributed by atoms with van der Waals surface area (Å²) in [5, 5.41) is 6.23. The van der Waals surface area contributed by atoms with Crippen LogP contribution in [0.3, 0.4) is 0 Å². The number of carbonyl (C=O) groups is 2.